The van der Waals surface area contributed by atoms with E-state index in [0.717, 1.165) is 17.8 Å². The lowest BCUT2D eigenvalue weighted by Crippen LogP contribution is -2.20. The highest BCUT2D eigenvalue weighted by molar-refractivity contribution is 5.38. The Bertz CT molecular complexity index is 590. The molecule has 0 fully saturated rings. The van der Waals surface area contributed by atoms with Crippen molar-refractivity contribution in [2.75, 3.05) is 0 Å². The second-order valence-electron chi connectivity index (χ2n) is 6.90. The Morgan fingerprint density at radius 2 is 1.62 bits per heavy atom. The monoisotopic (exact) mass is 282 g/mol. The fourth-order valence-corrected chi connectivity index (χ4v) is 2.70. The van der Waals surface area contributed by atoms with Gasteiger partial charge in [-0.3, -0.25) is 9.97 Å². The lowest BCUT2D eigenvalue weighted by Gasteiger charge is -2.26. The highest BCUT2D eigenvalue weighted by atomic mass is 14.7. The molecule has 0 aromatic carbocycles. The van der Waals surface area contributed by atoms with Gasteiger partial charge in [-0.25, -0.2) is 0 Å². The van der Waals surface area contributed by atoms with Gasteiger partial charge in [0.2, 0.25) is 0 Å². The van der Waals surface area contributed by atoms with E-state index in [1.54, 1.807) is 0 Å². The van der Waals surface area contributed by atoms with Crippen LogP contribution in [0.1, 0.15) is 55.9 Å². The Labute approximate surface area is 128 Å². The van der Waals surface area contributed by atoms with Gasteiger partial charge in [0, 0.05) is 28.7 Å². The first kappa shape index (κ1) is 15.7. The number of pyridine rings is 2. The van der Waals surface area contributed by atoms with Gasteiger partial charge in [0.15, 0.2) is 0 Å². The van der Waals surface area contributed by atoms with Crippen LogP contribution in [0.4, 0.5) is 0 Å². The van der Waals surface area contributed by atoms with Crippen LogP contribution in [0, 0.1) is 19.8 Å². The van der Waals surface area contributed by atoms with E-state index in [1.807, 2.05) is 6.20 Å². The smallest absolute Gasteiger partial charge is 0.0406 e. The van der Waals surface area contributed by atoms with Crippen LogP contribution in [0.5, 0.6) is 0 Å². The summed E-state index contributed by atoms with van der Waals surface area (Å²) in [5.74, 6) is 0.641. The number of rotatable bonds is 4. The average molecular weight is 282 g/mol. The second-order valence-corrected chi connectivity index (χ2v) is 6.90. The maximum atomic E-state index is 4.64. The van der Waals surface area contributed by atoms with Crippen molar-refractivity contribution >= 4 is 0 Å². The molecular formula is C19H26N2. The van der Waals surface area contributed by atoms with Gasteiger partial charge < -0.3 is 0 Å². The van der Waals surface area contributed by atoms with Crippen LogP contribution in [0.3, 0.4) is 0 Å². The van der Waals surface area contributed by atoms with Crippen LogP contribution in [-0.2, 0) is 11.8 Å². The summed E-state index contributed by atoms with van der Waals surface area (Å²) in [6, 6.07) is 8.73. The van der Waals surface area contributed by atoms with Gasteiger partial charge >= 0.3 is 0 Å². The summed E-state index contributed by atoms with van der Waals surface area (Å²) in [5, 5.41) is 0. The predicted molar refractivity (Wildman–Crippen MR) is 88.6 cm³/mol. The van der Waals surface area contributed by atoms with Crippen LogP contribution < -0.4 is 0 Å². The van der Waals surface area contributed by atoms with Crippen molar-refractivity contribution in [3.05, 3.63) is 58.7 Å². The van der Waals surface area contributed by atoms with E-state index in [0.29, 0.717) is 5.92 Å². The molecule has 0 aliphatic heterocycles. The van der Waals surface area contributed by atoms with Crippen molar-refractivity contribution < 1.29 is 0 Å². The second kappa shape index (κ2) is 5.97. The zero-order valence-electron chi connectivity index (χ0n) is 14.1. The Hall–Kier alpha value is -1.70. The van der Waals surface area contributed by atoms with Crippen molar-refractivity contribution in [2.24, 2.45) is 5.92 Å². The number of aromatic nitrogens is 2. The fourth-order valence-electron chi connectivity index (χ4n) is 2.70. The molecule has 0 atom stereocenters. The summed E-state index contributed by atoms with van der Waals surface area (Å²) in [4.78, 5) is 9.11. The Morgan fingerprint density at radius 1 is 1.00 bits per heavy atom. The molecular weight excluding hydrogens is 256 g/mol. The summed E-state index contributed by atoms with van der Waals surface area (Å²) in [5.41, 5.74) is 5.81. The highest BCUT2D eigenvalue weighted by Gasteiger charge is 2.24. The van der Waals surface area contributed by atoms with E-state index in [2.05, 4.69) is 75.8 Å². The van der Waals surface area contributed by atoms with Crippen LogP contribution in [-0.4, -0.2) is 9.97 Å². The first-order valence-corrected chi connectivity index (χ1v) is 7.70. The molecule has 0 saturated heterocycles. The Balaban J connectivity index is 2.34. The van der Waals surface area contributed by atoms with E-state index in [4.69, 9.17) is 0 Å². The third-order valence-corrected chi connectivity index (χ3v) is 3.97. The minimum atomic E-state index is -0.0537. The van der Waals surface area contributed by atoms with Gasteiger partial charge in [-0.1, -0.05) is 33.8 Å². The van der Waals surface area contributed by atoms with E-state index in [1.165, 1.54) is 16.8 Å². The molecule has 0 amide bonds. The largest absolute Gasteiger partial charge is 0.261 e. The highest BCUT2D eigenvalue weighted by Crippen LogP contribution is 2.31. The summed E-state index contributed by atoms with van der Waals surface area (Å²) < 4.78 is 0. The number of hydrogen-bond acceptors (Lipinski definition) is 2. The van der Waals surface area contributed by atoms with Crippen LogP contribution >= 0.6 is 0 Å². The first-order chi connectivity index (χ1) is 9.79. The van der Waals surface area contributed by atoms with Crippen molar-refractivity contribution in [2.45, 2.75) is 53.4 Å². The lowest BCUT2D eigenvalue weighted by molar-refractivity contribution is 0.619. The molecule has 0 saturated carbocycles. The molecule has 2 aromatic rings. The zero-order valence-corrected chi connectivity index (χ0v) is 14.1. The molecule has 2 rings (SSSR count). The molecule has 0 bridgehead atoms. The van der Waals surface area contributed by atoms with Crippen LogP contribution in [0.2, 0.25) is 0 Å². The van der Waals surface area contributed by atoms with Crippen molar-refractivity contribution in [3.63, 3.8) is 0 Å². The molecule has 112 valence electrons. The standard InChI is InChI=1S/C19H26N2/c1-13(2)9-18-8-7-16(12-20-18)19(5,6)17-10-14(3)21-15(4)11-17/h7-8,10-13H,9H2,1-6H3. The lowest BCUT2D eigenvalue weighted by atomic mass is 9.78. The van der Waals surface area contributed by atoms with Crippen molar-refractivity contribution in [1.29, 1.82) is 0 Å². The van der Waals surface area contributed by atoms with Gasteiger partial charge in [-0.2, -0.15) is 0 Å². The summed E-state index contributed by atoms with van der Waals surface area (Å²) in [6.07, 6.45) is 3.07. The van der Waals surface area contributed by atoms with E-state index in [-0.39, 0.29) is 5.41 Å². The minimum absolute atomic E-state index is 0.0537. The van der Waals surface area contributed by atoms with Gasteiger partial charge in [0.1, 0.15) is 0 Å². The molecule has 2 nitrogen and oxygen atoms in total. The molecule has 0 unspecified atom stereocenters. The summed E-state index contributed by atoms with van der Waals surface area (Å²) >= 11 is 0. The van der Waals surface area contributed by atoms with Gasteiger partial charge in [-0.15, -0.1) is 0 Å². The average Bonchev–Trinajstić information content (AvgIpc) is 2.37. The molecule has 0 aliphatic carbocycles. The fraction of sp³-hybridized carbons (Fsp3) is 0.474. The van der Waals surface area contributed by atoms with Gasteiger partial charge in [0.25, 0.3) is 0 Å². The maximum Gasteiger partial charge on any atom is 0.0406 e. The number of aryl methyl sites for hydroxylation is 2. The zero-order chi connectivity index (χ0) is 15.6. The molecule has 0 N–H and O–H groups in total. The van der Waals surface area contributed by atoms with Crippen molar-refractivity contribution in [3.8, 4) is 0 Å². The maximum absolute atomic E-state index is 4.64. The molecule has 2 aromatic heterocycles. The van der Waals surface area contributed by atoms with E-state index < -0.39 is 0 Å². The SMILES string of the molecule is Cc1cc(C(C)(C)c2ccc(CC(C)C)nc2)cc(C)n1. The quantitative estimate of drug-likeness (QED) is 0.818. The molecule has 0 aliphatic rings. The Morgan fingerprint density at radius 3 is 2.10 bits per heavy atom. The number of hydrogen-bond donors (Lipinski definition) is 0. The third kappa shape index (κ3) is 3.69. The summed E-state index contributed by atoms with van der Waals surface area (Å²) in [7, 11) is 0. The molecule has 2 heteroatoms. The third-order valence-electron chi connectivity index (χ3n) is 3.97. The Kier molecular flexibility index (Phi) is 4.46. The van der Waals surface area contributed by atoms with Gasteiger partial charge in [-0.05, 0) is 55.5 Å². The topological polar surface area (TPSA) is 25.8 Å². The van der Waals surface area contributed by atoms with E-state index in [9.17, 15) is 0 Å². The van der Waals surface area contributed by atoms with Crippen molar-refractivity contribution in [1.82, 2.24) is 9.97 Å². The molecule has 0 spiro atoms. The molecule has 2 heterocycles. The number of nitrogens with zero attached hydrogens (tertiary/aromatic N) is 2. The molecule has 0 radical (unpaired) electrons. The normalized spacial score (nSPS) is 12.0. The molecule has 21 heavy (non-hydrogen) atoms. The minimum Gasteiger partial charge on any atom is -0.261 e. The predicted octanol–water partition coefficient (Wildman–Crippen LogP) is 4.62. The van der Waals surface area contributed by atoms with Gasteiger partial charge in [0.05, 0.1) is 0 Å². The van der Waals surface area contributed by atoms with E-state index >= 15 is 0 Å². The first-order valence-electron chi connectivity index (χ1n) is 7.70. The van der Waals surface area contributed by atoms with Crippen LogP contribution in [0.15, 0.2) is 30.5 Å². The summed E-state index contributed by atoms with van der Waals surface area (Å²) in [6.45, 7) is 13.1. The van der Waals surface area contributed by atoms with Crippen LogP contribution in [0.25, 0.3) is 0 Å².